The second kappa shape index (κ2) is 10.2. The lowest BCUT2D eigenvalue weighted by molar-refractivity contribution is -0.122. The molecule has 0 radical (unpaired) electrons. The summed E-state index contributed by atoms with van der Waals surface area (Å²) in [6, 6.07) is 11.2. The molecule has 0 aliphatic carbocycles. The van der Waals surface area contributed by atoms with Gasteiger partial charge in [-0.25, -0.2) is 14.1 Å². The van der Waals surface area contributed by atoms with Crippen LogP contribution in [0.3, 0.4) is 0 Å². The first-order valence-corrected chi connectivity index (χ1v) is 10.3. The van der Waals surface area contributed by atoms with E-state index in [1.807, 2.05) is 24.3 Å². The lowest BCUT2D eigenvalue weighted by Gasteiger charge is -2.10. The van der Waals surface area contributed by atoms with Gasteiger partial charge in [-0.05, 0) is 49.7 Å². The number of halogens is 2. The van der Waals surface area contributed by atoms with E-state index in [0.717, 1.165) is 5.56 Å². The highest BCUT2D eigenvalue weighted by atomic mass is 35.5. The molecule has 0 saturated carbocycles. The molecule has 8 nitrogen and oxygen atoms in total. The summed E-state index contributed by atoms with van der Waals surface area (Å²) >= 11 is 5.74. The van der Waals surface area contributed by atoms with E-state index in [1.165, 1.54) is 22.9 Å². The van der Waals surface area contributed by atoms with E-state index in [9.17, 15) is 14.0 Å². The summed E-state index contributed by atoms with van der Waals surface area (Å²) in [5.41, 5.74) is 1.19. The Hall–Kier alpha value is -3.46. The van der Waals surface area contributed by atoms with E-state index in [4.69, 9.17) is 16.3 Å². The number of nitrogens with one attached hydrogen (secondary N) is 2. The highest BCUT2D eigenvalue weighted by molar-refractivity contribution is 6.30. The Labute approximate surface area is 189 Å². The Kier molecular flexibility index (Phi) is 7.42. The average molecular weight is 460 g/mol. The van der Waals surface area contributed by atoms with Gasteiger partial charge >= 0.3 is 0 Å². The Morgan fingerprint density at radius 3 is 2.69 bits per heavy atom. The van der Waals surface area contributed by atoms with Gasteiger partial charge < -0.3 is 15.4 Å². The summed E-state index contributed by atoms with van der Waals surface area (Å²) in [4.78, 5) is 29.4. The normalized spacial score (nSPS) is 10.8. The van der Waals surface area contributed by atoms with Gasteiger partial charge in [-0.15, -0.1) is 5.10 Å². The highest BCUT2D eigenvalue weighted by Crippen LogP contribution is 2.22. The number of carbonyl (C=O) groups excluding carboxylic acids is 2. The second-order valence-electron chi connectivity index (χ2n) is 7.30. The molecule has 32 heavy (non-hydrogen) atoms. The molecule has 0 aliphatic heterocycles. The summed E-state index contributed by atoms with van der Waals surface area (Å²) in [6.07, 6.45) is 0. The van der Waals surface area contributed by atoms with Crippen molar-refractivity contribution in [1.29, 1.82) is 0 Å². The minimum Gasteiger partial charge on any atom is -0.497 e. The Morgan fingerprint density at radius 2 is 2.00 bits per heavy atom. The molecule has 0 saturated heterocycles. The third-order valence-corrected chi connectivity index (χ3v) is 4.70. The van der Waals surface area contributed by atoms with Gasteiger partial charge in [-0.3, -0.25) is 9.59 Å². The van der Waals surface area contributed by atoms with Crippen molar-refractivity contribution in [2.75, 3.05) is 7.11 Å². The summed E-state index contributed by atoms with van der Waals surface area (Å²) in [5, 5.41) is 9.72. The standard InChI is InChI=1S/C22H23ClFN5O3/c1-13(2)26-22(31)21-27-20(15-7-8-17(23)18(24)10-15)28-29(21)12-19(30)25-11-14-5-4-6-16(9-14)32-3/h4-10,13H,11-12H2,1-3H3,(H,25,30)(H,26,31). The van der Waals surface area contributed by atoms with Crippen molar-refractivity contribution >= 4 is 23.4 Å². The van der Waals surface area contributed by atoms with Crippen LogP contribution in [0.4, 0.5) is 4.39 Å². The van der Waals surface area contributed by atoms with Crippen LogP contribution in [0, 0.1) is 5.82 Å². The number of hydrogen-bond acceptors (Lipinski definition) is 5. The van der Waals surface area contributed by atoms with E-state index in [-0.39, 0.29) is 41.7 Å². The van der Waals surface area contributed by atoms with Gasteiger partial charge in [0.2, 0.25) is 11.7 Å². The van der Waals surface area contributed by atoms with Gasteiger partial charge in [-0.2, -0.15) is 0 Å². The molecule has 1 aromatic heterocycles. The molecule has 0 unspecified atom stereocenters. The monoisotopic (exact) mass is 459 g/mol. The molecule has 0 fully saturated rings. The van der Waals surface area contributed by atoms with Crippen LogP contribution < -0.4 is 15.4 Å². The van der Waals surface area contributed by atoms with Crippen LogP contribution in [0.1, 0.15) is 30.0 Å². The third kappa shape index (κ3) is 5.82. The van der Waals surface area contributed by atoms with E-state index >= 15 is 0 Å². The van der Waals surface area contributed by atoms with Crippen LogP contribution >= 0.6 is 11.6 Å². The molecule has 0 spiro atoms. The zero-order valence-corrected chi connectivity index (χ0v) is 18.6. The summed E-state index contributed by atoms with van der Waals surface area (Å²) in [6.45, 7) is 3.63. The van der Waals surface area contributed by atoms with Gasteiger partial charge in [0.25, 0.3) is 5.91 Å². The number of ether oxygens (including phenoxy) is 1. The molecule has 2 N–H and O–H groups in total. The zero-order valence-electron chi connectivity index (χ0n) is 17.9. The molecule has 0 bridgehead atoms. The van der Waals surface area contributed by atoms with Gasteiger partial charge in [0.05, 0.1) is 12.1 Å². The van der Waals surface area contributed by atoms with Crippen molar-refractivity contribution in [3.8, 4) is 17.1 Å². The molecule has 2 aromatic carbocycles. The first kappa shape index (κ1) is 23.2. The van der Waals surface area contributed by atoms with Gasteiger partial charge in [0.1, 0.15) is 18.1 Å². The fraction of sp³-hybridized carbons (Fsp3) is 0.273. The van der Waals surface area contributed by atoms with E-state index < -0.39 is 11.7 Å². The lowest BCUT2D eigenvalue weighted by Crippen LogP contribution is -2.34. The maximum Gasteiger partial charge on any atom is 0.289 e. The van der Waals surface area contributed by atoms with E-state index in [1.54, 1.807) is 21.0 Å². The van der Waals surface area contributed by atoms with Crippen LogP contribution in [-0.4, -0.2) is 39.7 Å². The molecule has 0 atom stereocenters. The average Bonchev–Trinajstić information content (AvgIpc) is 3.17. The van der Waals surface area contributed by atoms with Crippen LogP contribution in [0.5, 0.6) is 5.75 Å². The van der Waals surface area contributed by atoms with Crippen LogP contribution in [0.2, 0.25) is 5.02 Å². The molecular formula is C22H23ClFN5O3. The number of hydrogen-bond donors (Lipinski definition) is 2. The highest BCUT2D eigenvalue weighted by Gasteiger charge is 2.21. The summed E-state index contributed by atoms with van der Waals surface area (Å²) in [5.74, 6) is -0.764. The number of aromatic nitrogens is 3. The molecule has 1 heterocycles. The van der Waals surface area contributed by atoms with E-state index in [2.05, 4.69) is 20.7 Å². The molecule has 10 heteroatoms. The first-order valence-electron chi connectivity index (χ1n) is 9.87. The van der Waals surface area contributed by atoms with Crippen LogP contribution in [0.25, 0.3) is 11.4 Å². The predicted molar refractivity (Wildman–Crippen MR) is 118 cm³/mol. The number of methoxy groups -OCH3 is 1. The number of benzene rings is 2. The predicted octanol–water partition coefficient (Wildman–Crippen LogP) is 3.20. The minimum atomic E-state index is -0.635. The van der Waals surface area contributed by atoms with Crippen molar-refractivity contribution in [1.82, 2.24) is 25.4 Å². The smallest absolute Gasteiger partial charge is 0.289 e. The van der Waals surface area contributed by atoms with Gasteiger partial charge in [0, 0.05) is 18.2 Å². The van der Waals surface area contributed by atoms with Gasteiger partial charge in [-0.1, -0.05) is 23.7 Å². The van der Waals surface area contributed by atoms with Crippen molar-refractivity contribution in [3.63, 3.8) is 0 Å². The molecule has 3 rings (SSSR count). The lowest BCUT2D eigenvalue weighted by atomic mass is 10.2. The van der Waals surface area contributed by atoms with Crippen LogP contribution in [0.15, 0.2) is 42.5 Å². The SMILES string of the molecule is COc1cccc(CNC(=O)Cn2nc(-c3ccc(Cl)c(F)c3)nc2C(=O)NC(C)C)c1. The molecule has 168 valence electrons. The quantitative estimate of drug-likeness (QED) is 0.539. The minimum absolute atomic E-state index is 0.0390. The molecule has 2 amide bonds. The maximum atomic E-state index is 13.9. The Morgan fingerprint density at radius 1 is 1.22 bits per heavy atom. The molecule has 3 aromatic rings. The maximum absolute atomic E-state index is 13.9. The van der Waals surface area contributed by atoms with Crippen molar-refractivity contribution in [2.45, 2.75) is 33.0 Å². The summed E-state index contributed by atoms with van der Waals surface area (Å²) < 4.78 is 20.3. The molecular weight excluding hydrogens is 437 g/mol. The van der Waals surface area contributed by atoms with Crippen LogP contribution in [-0.2, 0) is 17.9 Å². The van der Waals surface area contributed by atoms with Crippen molar-refractivity contribution in [3.05, 3.63) is 64.7 Å². The number of nitrogens with zero attached hydrogens (tertiary/aromatic N) is 3. The topological polar surface area (TPSA) is 98.1 Å². The first-order chi connectivity index (χ1) is 15.3. The fourth-order valence-corrected chi connectivity index (χ4v) is 3.00. The number of amides is 2. The van der Waals surface area contributed by atoms with Crippen molar-refractivity contribution in [2.24, 2.45) is 0 Å². The Bertz CT molecular complexity index is 1130. The van der Waals surface area contributed by atoms with Gasteiger partial charge in [0.15, 0.2) is 5.82 Å². The fourth-order valence-electron chi connectivity index (χ4n) is 2.88. The van der Waals surface area contributed by atoms with Crippen molar-refractivity contribution < 1.29 is 18.7 Å². The largest absolute Gasteiger partial charge is 0.497 e. The molecule has 0 aliphatic rings. The second-order valence-corrected chi connectivity index (χ2v) is 7.71. The third-order valence-electron chi connectivity index (χ3n) is 4.39. The van der Waals surface area contributed by atoms with E-state index in [0.29, 0.717) is 11.3 Å². The number of rotatable bonds is 8. The number of carbonyl (C=O) groups is 2. The zero-order chi connectivity index (χ0) is 23.3. The Balaban J connectivity index is 1.81. The summed E-state index contributed by atoms with van der Waals surface area (Å²) in [7, 11) is 1.57.